The summed E-state index contributed by atoms with van der Waals surface area (Å²) in [5, 5.41) is 15.8. The van der Waals surface area contributed by atoms with Gasteiger partial charge in [-0.05, 0) is 89.5 Å². The van der Waals surface area contributed by atoms with Gasteiger partial charge >= 0.3 is 16.3 Å². The first-order chi connectivity index (χ1) is 26.3. The van der Waals surface area contributed by atoms with Gasteiger partial charge in [-0.15, -0.1) is 0 Å². The van der Waals surface area contributed by atoms with E-state index in [4.69, 9.17) is 15.3 Å². The topological polar surface area (TPSA) is 223 Å². The van der Waals surface area contributed by atoms with E-state index in [0.29, 0.717) is 5.75 Å². The van der Waals surface area contributed by atoms with Crippen molar-refractivity contribution < 1.29 is 42.0 Å². The molecule has 3 atom stereocenters. The van der Waals surface area contributed by atoms with Crippen LogP contribution < -0.4 is 15.8 Å². The molecule has 15 nitrogen and oxygen atoms in total. The zero-order valence-corrected chi connectivity index (χ0v) is 34.6. The van der Waals surface area contributed by atoms with Gasteiger partial charge in [0.25, 0.3) is 17.0 Å². The highest BCUT2D eigenvalue weighted by Crippen LogP contribution is 2.45. The van der Waals surface area contributed by atoms with Crippen molar-refractivity contribution in [1.82, 2.24) is 9.62 Å². The predicted molar refractivity (Wildman–Crippen MR) is 218 cm³/mol. The van der Waals surface area contributed by atoms with Crippen LogP contribution in [-0.2, 0) is 35.9 Å². The van der Waals surface area contributed by atoms with Crippen LogP contribution in [0.25, 0.3) is 0 Å². The highest BCUT2D eigenvalue weighted by Gasteiger charge is 2.50. The second-order valence-corrected chi connectivity index (χ2v) is 16.8. The third kappa shape index (κ3) is 10.6. The minimum absolute atomic E-state index is 0.0118. The summed E-state index contributed by atoms with van der Waals surface area (Å²) in [6.45, 7) is 15.2. The molecule has 1 aromatic rings. The zero-order chi connectivity index (χ0) is 41.5. The van der Waals surface area contributed by atoms with Crippen LogP contribution in [0.15, 0.2) is 74.6 Å². The maximum absolute atomic E-state index is 13.5. The van der Waals surface area contributed by atoms with Crippen molar-refractivity contribution in [2.45, 2.75) is 104 Å². The number of amides is 2. The second-order valence-electron chi connectivity index (χ2n) is 14.6. The highest BCUT2D eigenvalue weighted by atomic mass is 32.2. The van der Waals surface area contributed by atoms with Crippen LogP contribution in [0.5, 0.6) is 5.75 Å². The summed E-state index contributed by atoms with van der Waals surface area (Å²) in [7, 11) is -3.50. The van der Waals surface area contributed by atoms with E-state index in [9.17, 15) is 32.5 Å². The van der Waals surface area contributed by atoms with Crippen molar-refractivity contribution in [2.24, 2.45) is 26.8 Å². The Morgan fingerprint density at radius 2 is 1.96 bits per heavy atom. The number of benzene rings is 1. The SMILES string of the molecule is C=C(C)[C@@H]1CCC(C)=C[C@H]1c1c(C)cc(CCCCC)cc1OC(=NC)SC/C=C1\[C@H](NC(=O)/C(=N\OC(C)(C)C(=O)O)C2=CCC(N)=N2)C(=O)N1S(=O)(=O)O. The number of carbonyl (C=O) groups is 3. The molecule has 1 fully saturated rings. The van der Waals surface area contributed by atoms with Crippen LogP contribution in [0.2, 0.25) is 0 Å². The Kier molecular flexibility index (Phi) is 14.5. The van der Waals surface area contributed by atoms with E-state index >= 15 is 0 Å². The number of amidine groups is 1. The molecule has 0 unspecified atom stereocenters. The monoisotopic (exact) mass is 812 g/mol. The predicted octanol–water partition coefficient (Wildman–Crippen LogP) is 5.74. The van der Waals surface area contributed by atoms with E-state index in [1.54, 1.807) is 7.05 Å². The molecule has 2 heterocycles. The summed E-state index contributed by atoms with van der Waals surface area (Å²) in [5.41, 5.74) is 8.80. The van der Waals surface area contributed by atoms with Gasteiger partial charge < -0.3 is 25.7 Å². The molecule has 304 valence electrons. The van der Waals surface area contributed by atoms with E-state index in [-0.39, 0.29) is 50.8 Å². The molecule has 1 aromatic carbocycles. The number of oxime groups is 1. The molecular formula is C39H52N6O9S2. The number of carboxylic acids is 1. The first kappa shape index (κ1) is 44.0. The quantitative estimate of drug-likeness (QED) is 0.0300. The molecule has 5 N–H and O–H groups in total. The third-order valence-corrected chi connectivity index (χ3v) is 11.4. The Labute approximate surface area is 332 Å². The van der Waals surface area contributed by atoms with Crippen LogP contribution in [0.4, 0.5) is 0 Å². The molecule has 2 amide bonds. The number of unbranched alkanes of at least 4 members (excludes halogenated alkanes) is 2. The Balaban J connectivity index is 1.62. The first-order valence-electron chi connectivity index (χ1n) is 18.4. The van der Waals surface area contributed by atoms with Crippen LogP contribution in [0, 0.1) is 12.8 Å². The minimum atomic E-state index is -5.06. The van der Waals surface area contributed by atoms with E-state index < -0.39 is 45.4 Å². The molecule has 0 spiro atoms. The molecule has 1 aliphatic carbocycles. The Morgan fingerprint density at radius 3 is 2.55 bits per heavy atom. The molecular weight excluding hydrogens is 761 g/mol. The van der Waals surface area contributed by atoms with Gasteiger partial charge in [-0.3, -0.25) is 14.1 Å². The number of hydrogen-bond donors (Lipinski definition) is 4. The lowest BCUT2D eigenvalue weighted by Crippen LogP contribution is -2.64. The van der Waals surface area contributed by atoms with Gasteiger partial charge in [0.1, 0.15) is 11.6 Å². The number of ether oxygens (including phenoxy) is 1. The van der Waals surface area contributed by atoms with E-state index in [1.807, 2.05) is 0 Å². The van der Waals surface area contributed by atoms with Crippen molar-refractivity contribution in [1.29, 1.82) is 0 Å². The molecule has 1 saturated heterocycles. The number of β-lactam (4-membered cyclic amide) rings is 1. The van der Waals surface area contributed by atoms with E-state index in [1.165, 1.54) is 31.6 Å². The normalized spacial score (nSPS) is 21.2. The molecule has 2 aliphatic heterocycles. The Hall–Kier alpha value is -4.74. The molecule has 0 saturated carbocycles. The number of carbonyl (C=O) groups excluding carboxylic acids is 2. The maximum atomic E-state index is 13.5. The minimum Gasteiger partial charge on any atom is -0.478 e. The maximum Gasteiger partial charge on any atom is 0.366 e. The first-order valence-corrected chi connectivity index (χ1v) is 20.8. The third-order valence-electron chi connectivity index (χ3n) is 9.66. The molecule has 4 rings (SSSR count). The summed E-state index contributed by atoms with van der Waals surface area (Å²) >= 11 is 1.12. The zero-order valence-electron chi connectivity index (χ0n) is 32.9. The number of nitrogens with two attached hydrogens (primary N) is 1. The summed E-state index contributed by atoms with van der Waals surface area (Å²) in [6.07, 6.45) is 11.3. The Bertz CT molecular complexity index is 2050. The number of aliphatic imine (C=N–C) groups is 2. The number of nitrogens with one attached hydrogen (secondary N) is 1. The van der Waals surface area contributed by atoms with Gasteiger partial charge in [0.15, 0.2) is 11.8 Å². The lowest BCUT2D eigenvalue weighted by Gasteiger charge is -2.38. The Morgan fingerprint density at radius 1 is 1.25 bits per heavy atom. The number of aryl methyl sites for hydroxylation is 2. The molecule has 56 heavy (non-hydrogen) atoms. The van der Waals surface area contributed by atoms with Crippen molar-refractivity contribution in [2.75, 3.05) is 12.8 Å². The standard InChI is InChI=1S/C39H52N6O9S2/c1-9-10-11-12-25-20-24(5)32(27-19-23(4)13-14-26(27)22(2)3)30(21-25)53-38(41-8)55-18-17-29-34(36(47)45(29)56(50,51)52)43-35(46)33(28-15-16-31(40)42-28)44-54-39(6,7)37(48)49/h15,17,19-21,26-27,34H,2,9-14,16,18H2,1,3-8H3,(H2,40,42)(H,43,46)(H,48,49)(H,50,51,52)/b29-17+,41-38?,44-33-/t26-,27+,34-/m0/s1. The number of hydrogen-bond acceptors (Lipinski definition) is 12. The van der Waals surface area contributed by atoms with Gasteiger partial charge in [0.05, 0.1) is 11.4 Å². The van der Waals surface area contributed by atoms with Gasteiger partial charge in [-0.1, -0.05) is 72.6 Å². The van der Waals surface area contributed by atoms with E-state index in [2.05, 4.69) is 72.9 Å². The van der Waals surface area contributed by atoms with Crippen molar-refractivity contribution >= 4 is 56.6 Å². The number of thioether (sulfide) groups is 1. The highest BCUT2D eigenvalue weighted by molar-refractivity contribution is 8.13. The molecule has 3 aliphatic rings. The van der Waals surface area contributed by atoms with Gasteiger partial charge in [-0.2, -0.15) is 12.7 Å². The lowest BCUT2D eigenvalue weighted by atomic mass is 9.73. The summed E-state index contributed by atoms with van der Waals surface area (Å²) in [6, 6.07) is 2.74. The van der Waals surface area contributed by atoms with Crippen molar-refractivity contribution in [3.05, 3.63) is 76.2 Å². The molecule has 17 heteroatoms. The number of allylic oxidation sites excluding steroid dienone is 3. The lowest BCUT2D eigenvalue weighted by molar-refractivity contribution is -0.161. The molecule has 0 aromatic heterocycles. The second kappa shape index (κ2) is 18.5. The smallest absolute Gasteiger partial charge is 0.366 e. The average molecular weight is 813 g/mol. The molecule has 0 bridgehead atoms. The van der Waals surface area contributed by atoms with Gasteiger partial charge in [0, 0.05) is 30.7 Å². The summed E-state index contributed by atoms with van der Waals surface area (Å²) < 4.78 is 41.1. The van der Waals surface area contributed by atoms with E-state index in [0.717, 1.165) is 72.6 Å². The summed E-state index contributed by atoms with van der Waals surface area (Å²) in [5.74, 6) is -2.48. The number of aliphatic carboxylic acids is 1. The molecule has 0 radical (unpaired) electrons. The van der Waals surface area contributed by atoms with Crippen molar-refractivity contribution in [3.63, 3.8) is 0 Å². The van der Waals surface area contributed by atoms with Gasteiger partial charge in [-0.25, -0.2) is 14.8 Å². The number of carboxylic acid groups (broad SMARTS) is 1. The van der Waals surface area contributed by atoms with Crippen LogP contribution >= 0.6 is 11.8 Å². The number of nitrogens with zero attached hydrogens (tertiary/aromatic N) is 4. The largest absolute Gasteiger partial charge is 0.478 e. The fourth-order valence-electron chi connectivity index (χ4n) is 6.62. The van der Waals surface area contributed by atoms with Crippen LogP contribution in [0.3, 0.4) is 0 Å². The fourth-order valence-corrected chi connectivity index (χ4v) is 8.07. The average Bonchev–Trinajstić information content (AvgIpc) is 3.54. The van der Waals surface area contributed by atoms with Crippen LogP contribution in [-0.4, -0.2) is 81.4 Å². The summed E-state index contributed by atoms with van der Waals surface area (Å²) in [4.78, 5) is 51.7. The van der Waals surface area contributed by atoms with Crippen molar-refractivity contribution in [3.8, 4) is 5.75 Å². The number of rotatable bonds is 16. The van der Waals surface area contributed by atoms with Gasteiger partial charge in [0.2, 0.25) is 5.60 Å². The fraction of sp³-hybridized carbons (Fsp3) is 0.487. The van der Waals surface area contributed by atoms with Crippen LogP contribution in [0.1, 0.15) is 95.8 Å².